The zero-order valence-electron chi connectivity index (χ0n) is 11.5. The second-order valence-electron chi connectivity index (χ2n) is 5.11. The molecule has 0 aliphatic carbocycles. The molecule has 1 aromatic rings. The van der Waals surface area contributed by atoms with E-state index in [1.165, 1.54) is 7.11 Å². The van der Waals surface area contributed by atoms with E-state index in [2.05, 4.69) is 4.74 Å². The third-order valence-electron chi connectivity index (χ3n) is 4.03. The van der Waals surface area contributed by atoms with Crippen molar-refractivity contribution >= 4 is 11.9 Å². The molecule has 1 fully saturated rings. The topological polar surface area (TPSA) is 66.8 Å². The molecule has 0 saturated carbocycles. The molecule has 20 heavy (non-hydrogen) atoms. The molecular weight excluding hydrogens is 258 g/mol. The van der Waals surface area contributed by atoms with Crippen molar-refractivity contribution in [3.05, 3.63) is 35.9 Å². The van der Waals surface area contributed by atoms with Crippen LogP contribution in [0.25, 0.3) is 0 Å². The molecule has 0 amide bonds. The van der Waals surface area contributed by atoms with Crippen molar-refractivity contribution in [2.24, 2.45) is 0 Å². The number of hydrogen-bond acceptors (Lipinski definition) is 4. The van der Waals surface area contributed by atoms with Crippen LogP contribution in [0.3, 0.4) is 0 Å². The molecule has 1 aliphatic heterocycles. The van der Waals surface area contributed by atoms with Gasteiger partial charge in [-0.2, -0.15) is 0 Å². The van der Waals surface area contributed by atoms with Crippen molar-refractivity contribution in [2.75, 3.05) is 26.7 Å². The van der Waals surface area contributed by atoms with Gasteiger partial charge in [-0.05, 0) is 18.4 Å². The average molecular weight is 277 g/mol. The van der Waals surface area contributed by atoms with E-state index in [1.807, 2.05) is 35.2 Å². The van der Waals surface area contributed by atoms with Crippen LogP contribution in [0.2, 0.25) is 0 Å². The quantitative estimate of drug-likeness (QED) is 0.840. The van der Waals surface area contributed by atoms with E-state index in [0.29, 0.717) is 25.9 Å². The van der Waals surface area contributed by atoms with Crippen LogP contribution in [-0.2, 0) is 19.7 Å². The minimum Gasteiger partial charge on any atom is -0.481 e. The number of esters is 1. The van der Waals surface area contributed by atoms with Gasteiger partial charge < -0.3 is 9.84 Å². The predicted molar refractivity (Wildman–Crippen MR) is 73.4 cm³/mol. The summed E-state index contributed by atoms with van der Waals surface area (Å²) in [6, 6.07) is 9.33. The molecule has 2 rings (SSSR count). The summed E-state index contributed by atoms with van der Waals surface area (Å²) in [5.41, 5.74) is -0.00124. The van der Waals surface area contributed by atoms with E-state index in [0.717, 1.165) is 5.56 Å². The van der Waals surface area contributed by atoms with Gasteiger partial charge in [-0.15, -0.1) is 0 Å². The highest BCUT2D eigenvalue weighted by Crippen LogP contribution is 2.35. The van der Waals surface area contributed by atoms with Gasteiger partial charge in [-0.3, -0.25) is 14.5 Å². The van der Waals surface area contributed by atoms with Gasteiger partial charge >= 0.3 is 11.9 Å². The number of likely N-dealkylation sites (tertiary alicyclic amines) is 1. The van der Waals surface area contributed by atoms with Crippen LogP contribution < -0.4 is 0 Å². The summed E-state index contributed by atoms with van der Waals surface area (Å²) in [6.45, 7) is 1.38. The van der Waals surface area contributed by atoms with E-state index in [4.69, 9.17) is 0 Å². The second-order valence-corrected chi connectivity index (χ2v) is 5.11. The minimum atomic E-state index is -0.839. The highest BCUT2D eigenvalue weighted by atomic mass is 16.5. The van der Waals surface area contributed by atoms with E-state index in [-0.39, 0.29) is 12.5 Å². The fourth-order valence-corrected chi connectivity index (χ4v) is 2.72. The molecule has 1 heterocycles. The maximum Gasteiger partial charge on any atom is 0.319 e. The first kappa shape index (κ1) is 14.5. The lowest BCUT2D eigenvalue weighted by Crippen LogP contribution is -2.48. The first-order valence-electron chi connectivity index (χ1n) is 6.66. The third kappa shape index (κ3) is 2.82. The number of methoxy groups -OCH3 is 1. The van der Waals surface area contributed by atoms with E-state index < -0.39 is 11.4 Å². The highest BCUT2D eigenvalue weighted by molar-refractivity contribution is 5.81. The number of piperidine rings is 1. The number of carbonyl (C=O) groups is 2. The summed E-state index contributed by atoms with van der Waals surface area (Å²) in [5.74, 6) is -1.08. The Labute approximate surface area is 118 Å². The summed E-state index contributed by atoms with van der Waals surface area (Å²) in [6.07, 6.45) is 1.01. The summed E-state index contributed by atoms with van der Waals surface area (Å²) in [4.78, 5) is 25.0. The largest absolute Gasteiger partial charge is 0.481 e. The number of benzene rings is 1. The lowest BCUT2D eigenvalue weighted by molar-refractivity contribution is -0.146. The van der Waals surface area contributed by atoms with E-state index >= 15 is 0 Å². The molecule has 0 spiro atoms. The molecule has 0 bridgehead atoms. The monoisotopic (exact) mass is 277 g/mol. The Morgan fingerprint density at radius 2 is 1.85 bits per heavy atom. The van der Waals surface area contributed by atoms with Crippen molar-refractivity contribution in [3.8, 4) is 0 Å². The standard InChI is InChI=1S/C15H19NO4/c1-20-13(17)11-16-9-7-15(8-10-16,14(18)19)12-5-3-2-4-6-12/h2-6H,7-11H2,1H3,(H,18,19). The molecule has 0 aromatic heterocycles. The van der Waals surface area contributed by atoms with Crippen LogP contribution in [0, 0.1) is 0 Å². The number of carbonyl (C=O) groups excluding carboxylic acids is 1. The van der Waals surface area contributed by atoms with Crippen LogP contribution in [0.15, 0.2) is 30.3 Å². The Morgan fingerprint density at radius 3 is 2.35 bits per heavy atom. The SMILES string of the molecule is COC(=O)CN1CCC(C(=O)O)(c2ccccc2)CC1. The smallest absolute Gasteiger partial charge is 0.319 e. The Balaban J connectivity index is 2.11. The van der Waals surface area contributed by atoms with Gasteiger partial charge in [0.05, 0.1) is 19.1 Å². The summed E-state index contributed by atoms with van der Waals surface area (Å²) in [5, 5.41) is 9.65. The number of rotatable bonds is 4. The molecule has 5 nitrogen and oxygen atoms in total. The van der Waals surface area contributed by atoms with Gasteiger partial charge in [0.1, 0.15) is 0 Å². The molecule has 0 radical (unpaired) electrons. The number of aliphatic carboxylic acids is 1. The van der Waals surface area contributed by atoms with E-state index in [1.54, 1.807) is 0 Å². The maximum absolute atomic E-state index is 11.8. The molecule has 0 unspecified atom stereocenters. The van der Waals surface area contributed by atoms with Crippen molar-refractivity contribution in [2.45, 2.75) is 18.3 Å². The van der Waals surface area contributed by atoms with E-state index in [9.17, 15) is 14.7 Å². The van der Waals surface area contributed by atoms with Crippen LogP contribution in [0.1, 0.15) is 18.4 Å². The average Bonchev–Trinajstić information content (AvgIpc) is 2.48. The third-order valence-corrected chi connectivity index (χ3v) is 4.03. The Bertz CT molecular complexity index is 478. The molecule has 1 saturated heterocycles. The van der Waals surface area contributed by atoms with Gasteiger partial charge in [0.2, 0.25) is 0 Å². The molecule has 1 aromatic carbocycles. The molecule has 1 aliphatic rings. The maximum atomic E-state index is 11.8. The molecule has 5 heteroatoms. The zero-order chi connectivity index (χ0) is 14.6. The van der Waals surface area contributed by atoms with Gasteiger partial charge in [0.25, 0.3) is 0 Å². The fourth-order valence-electron chi connectivity index (χ4n) is 2.72. The number of carboxylic acid groups (broad SMARTS) is 1. The van der Waals surface area contributed by atoms with Crippen LogP contribution in [-0.4, -0.2) is 48.7 Å². The van der Waals surface area contributed by atoms with Gasteiger partial charge in [0, 0.05) is 13.1 Å². The highest BCUT2D eigenvalue weighted by Gasteiger charge is 2.43. The predicted octanol–water partition coefficient (Wildman–Crippen LogP) is 1.28. The molecule has 1 N–H and O–H groups in total. The van der Waals surface area contributed by atoms with Crippen LogP contribution >= 0.6 is 0 Å². The lowest BCUT2D eigenvalue weighted by atomic mass is 9.73. The summed E-state index contributed by atoms with van der Waals surface area (Å²) < 4.78 is 4.64. The first-order valence-corrected chi connectivity index (χ1v) is 6.66. The summed E-state index contributed by atoms with van der Waals surface area (Å²) in [7, 11) is 1.36. The Morgan fingerprint density at radius 1 is 1.25 bits per heavy atom. The number of hydrogen-bond donors (Lipinski definition) is 1. The van der Waals surface area contributed by atoms with Crippen LogP contribution in [0.4, 0.5) is 0 Å². The summed E-state index contributed by atoms with van der Waals surface area (Å²) >= 11 is 0. The first-order chi connectivity index (χ1) is 9.58. The molecule has 0 atom stereocenters. The van der Waals surface area contributed by atoms with Crippen molar-refractivity contribution in [1.29, 1.82) is 0 Å². The van der Waals surface area contributed by atoms with Crippen molar-refractivity contribution in [1.82, 2.24) is 4.90 Å². The van der Waals surface area contributed by atoms with Gasteiger partial charge in [-0.25, -0.2) is 0 Å². The van der Waals surface area contributed by atoms with Crippen molar-refractivity contribution in [3.63, 3.8) is 0 Å². The van der Waals surface area contributed by atoms with Crippen LogP contribution in [0.5, 0.6) is 0 Å². The minimum absolute atomic E-state index is 0.223. The number of ether oxygens (including phenoxy) is 1. The Kier molecular flexibility index (Phi) is 4.39. The zero-order valence-corrected chi connectivity index (χ0v) is 11.5. The Hall–Kier alpha value is -1.88. The molecule has 108 valence electrons. The second kappa shape index (κ2) is 6.05. The number of nitrogens with zero attached hydrogens (tertiary/aromatic N) is 1. The van der Waals surface area contributed by atoms with Gasteiger partial charge in [-0.1, -0.05) is 30.3 Å². The lowest BCUT2D eigenvalue weighted by Gasteiger charge is -2.38. The normalized spacial score (nSPS) is 18.4. The molecular formula is C15H19NO4. The fraction of sp³-hybridized carbons (Fsp3) is 0.467. The van der Waals surface area contributed by atoms with Crippen molar-refractivity contribution < 1.29 is 19.4 Å². The number of carboxylic acids is 1. The van der Waals surface area contributed by atoms with Gasteiger partial charge in [0.15, 0.2) is 0 Å².